The minimum Gasteiger partial charge on any atom is -0.342 e. The topological polar surface area (TPSA) is 47.1 Å². The largest absolute Gasteiger partial charge is 0.342 e. The lowest BCUT2D eigenvalue weighted by molar-refractivity contribution is -0.133. The van der Waals surface area contributed by atoms with Crippen molar-refractivity contribution in [1.82, 2.24) is 14.7 Å². The molecule has 158 valence electrons. The van der Waals surface area contributed by atoms with E-state index >= 15 is 0 Å². The van der Waals surface area contributed by atoms with Gasteiger partial charge >= 0.3 is 0 Å². The molecule has 4 rings (SSSR count). The van der Waals surface area contributed by atoms with Crippen molar-refractivity contribution in [3.05, 3.63) is 29.8 Å². The van der Waals surface area contributed by atoms with Crippen LogP contribution < -0.4 is 4.90 Å². The minimum absolute atomic E-state index is 0.200. The van der Waals surface area contributed by atoms with E-state index in [-0.39, 0.29) is 11.8 Å². The van der Waals surface area contributed by atoms with E-state index in [4.69, 9.17) is 0 Å². The van der Waals surface area contributed by atoms with E-state index < -0.39 is 0 Å². The van der Waals surface area contributed by atoms with Gasteiger partial charge in [-0.2, -0.15) is 0 Å². The van der Waals surface area contributed by atoms with Crippen LogP contribution in [0, 0.1) is 0 Å². The molecule has 0 unspecified atom stereocenters. The van der Waals surface area contributed by atoms with Crippen molar-refractivity contribution in [2.45, 2.75) is 38.5 Å². The van der Waals surface area contributed by atoms with Crippen LogP contribution in [0.15, 0.2) is 24.3 Å². The molecule has 1 aromatic rings. The van der Waals surface area contributed by atoms with E-state index in [1.54, 1.807) is 0 Å². The van der Waals surface area contributed by atoms with Gasteiger partial charge in [0.2, 0.25) is 11.8 Å². The SMILES string of the molecule is O=C(CN1CCN(CC(=O)N2CCCc3ccccc32)CC1)N1CCCCCC1. The highest BCUT2D eigenvalue weighted by molar-refractivity contribution is 5.96. The number of amides is 2. The maximum atomic E-state index is 12.9. The molecule has 0 atom stereocenters. The van der Waals surface area contributed by atoms with E-state index in [2.05, 4.69) is 32.9 Å². The van der Waals surface area contributed by atoms with Crippen molar-refractivity contribution in [2.24, 2.45) is 0 Å². The van der Waals surface area contributed by atoms with Gasteiger partial charge in [0.25, 0.3) is 0 Å². The number of anilines is 1. The second-order valence-corrected chi connectivity index (χ2v) is 8.62. The van der Waals surface area contributed by atoms with Crippen LogP contribution in [0.5, 0.6) is 0 Å². The standard InChI is InChI=1S/C23H34N4O2/c28-22(26-11-5-1-2-6-12-26)18-24-14-16-25(17-15-24)19-23(29)27-13-7-9-20-8-3-4-10-21(20)27/h3-4,8,10H,1-2,5-7,9,11-19H2. The first-order valence-electron chi connectivity index (χ1n) is 11.3. The Morgan fingerprint density at radius 3 is 2.00 bits per heavy atom. The number of aryl methyl sites for hydroxylation is 1. The molecule has 0 spiro atoms. The van der Waals surface area contributed by atoms with Crippen LogP contribution >= 0.6 is 0 Å². The monoisotopic (exact) mass is 398 g/mol. The van der Waals surface area contributed by atoms with Crippen LogP contribution in [0.4, 0.5) is 5.69 Å². The second-order valence-electron chi connectivity index (χ2n) is 8.62. The molecule has 1 aromatic carbocycles. The zero-order valence-corrected chi connectivity index (χ0v) is 17.5. The number of hydrogen-bond donors (Lipinski definition) is 0. The number of carbonyl (C=O) groups is 2. The lowest BCUT2D eigenvalue weighted by Crippen LogP contribution is -2.52. The van der Waals surface area contributed by atoms with Crippen molar-refractivity contribution < 1.29 is 9.59 Å². The molecule has 2 amide bonds. The first-order valence-corrected chi connectivity index (χ1v) is 11.3. The quantitative estimate of drug-likeness (QED) is 0.778. The molecule has 0 aromatic heterocycles. The Bertz CT molecular complexity index is 707. The van der Waals surface area contributed by atoms with Gasteiger partial charge in [0, 0.05) is 51.5 Å². The van der Waals surface area contributed by atoms with E-state index in [0.29, 0.717) is 13.1 Å². The van der Waals surface area contributed by atoms with E-state index in [1.165, 1.54) is 18.4 Å². The molecule has 29 heavy (non-hydrogen) atoms. The van der Waals surface area contributed by atoms with E-state index in [1.807, 2.05) is 11.0 Å². The summed E-state index contributed by atoms with van der Waals surface area (Å²) in [4.78, 5) is 34.1. The third-order valence-electron chi connectivity index (χ3n) is 6.55. The number of para-hydroxylation sites is 1. The zero-order chi connectivity index (χ0) is 20.1. The Kier molecular flexibility index (Phi) is 6.82. The lowest BCUT2D eigenvalue weighted by atomic mass is 10.0. The average Bonchev–Trinajstić information content (AvgIpc) is 3.04. The van der Waals surface area contributed by atoms with Gasteiger partial charge in [-0.05, 0) is 37.3 Å². The van der Waals surface area contributed by atoms with Crippen molar-refractivity contribution in [1.29, 1.82) is 0 Å². The molecule has 3 heterocycles. The number of nitrogens with zero attached hydrogens (tertiary/aromatic N) is 4. The molecule has 0 radical (unpaired) electrons. The number of rotatable bonds is 4. The molecule has 6 nitrogen and oxygen atoms in total. The minimum atomic E-state index is 0.200. The third kappa shape index (κ3) is 5.17. The molecule has 6 heteroatoms. The summed E-state index contributed by atoms with van der Waals surface area (Å²) < 4.78 is 0. The third-order valence-corrected chi connectivity index (χ3v) is 6.55. The Morgan fingerprint density at radius 2 is 1.31 bits per heavy atom. The predicted octanol–water partition coefficient (Wildman–Crippen LogP) is 1.99. The van der Waals surface area contributed by atoms with E-state index in [9.17, 15) is 9.59 Å². The van der Waals surface area contributed by atoms with Gasteiger partial charge in [-0.25, -0.2) is 0 Å². The summed E-state index contributed by atoms with van der Waals surface area (Å²) in [7, 11) is 0. The maximum absolute atomic E-state index is 12.9. The number of carbonyl (C=O) groups excluding carboxylic acids is 2. The number of piperazine rings is 1. The molecule has 2 saturated heterocycles. The molecule has 3 aliphatic rings. The Balaban J connectivity index is 1.24. The van der Waals surface area contributed by atoms with Gasteiger partial charge in [0.05, 0.1) is 13.1 Å². The molecule has 0 aliphatic carbocycles. The van der Waals surface area contributed by atoms with Gasteiger partial charge in [-0.15, -0.1) is 0 Å². The van der Waals surface area contributed by atoms with Crippen LogP contribution in [0.2, 0.25) is 0 Å². The summed E-state index contributed by atoms with van der Waals surface area (Å²) >= 11 is 0. The normalized spacial score (nSPS) is 21.5. The number of likely N-dealkylation sites (tertiary alicyclic amines) is 1. The molecular formula is C23H34N4O2. The van der Waals surface area contributed by atoms with Crippen molar-refractivity contribution in [3.8, 4) is 0 Å². The zero-order valence-electron chi connectivity index (χ0n) is 17.5. The highest BCUT2D eigenvalue weighted by Gasteiger charge is 2.27. The molecule has 0 N–H and O–H groups in total. The molecular weight excluding hydrogens is 364 g/mol. The molecule has 2 fully saturated rings. The molecule has 3 aliphatic heterocycles. The van der Waals surface area contributed by atoms with E-state index in [0.717, 1.165) is 77.2 Å². The fourth-order valence-corrected chi connectivity index (χ4v) is 4.79. The van der Waals surface area contributed by atoms with Crippen LogP contribution in [0.3, 0.4) is 0 Å². The summed E-state index contributed by atoms with van der Waals surface area (Å²) in [6.07, 6.45) is 6.87. The van der Waals surface area contributed by atoms with Crippen molar-refractivity contribution >= 4 is 17.5 Å². The van der Waals surface area contributed by atoms with Crippen molar-refractivity contribution in [2.75, 3.05) is 63.8 Å². The van der Waals surface area contributed by atoms with Crippen molar-refractivity contribution in [3.63, 3.8) is 0 Å². The highest BCUT2D eigenvalue weighted by Crippen LogP contribution is 2.26. The Morgan fingerprint density at radius 1 is 0.690 bits per heavy atom. The van der Waals surface area contributed by atoms with Crippen LogP contribution in [-0.2, 0) is 16.0 Å². The Labute approximate surface area is 174 Å². The summed E-state index contributed by atoms with van der Waals surface area (Å²) in [6.45, 7) is 7.11. The number of benzene rings is 1. The smallest absolute Gasteiger partial charge is 0.241 e. The van der Waals surface area contributed by atoms with Gasteiger partial charge in [-0.1, -0.05) is 31.0 Å². The summed E-state index contributed by atoms with van der Waals surface area (Å²) in [5, 5.41) is 0. The average molecular weight is 399 g/mol. The molecule has 0 saturated carbocycles. The van der Waals surface area contributed by atoms with Gasteiger partial charge in [-0.3, -0.25) is 19.4 Å². The summed E-state index contributed by atoms with van der Waals surface area (Å²) in [5.41, 5.74) is 2.37. The second kappa shape index (κ2) is 9.72. The number of fused-ring (bicyclic) bond motifs is 1. The lowest BCUT2D eigenvalue weighted by Gasteiger charge is -2.36. The first-order chi connectivity index (χ1) is 14.2. The van der Waals surface area contributed by atoms with Crippen LogP contribution in [0.1, 0.15) is 37.7 Å². The highest BCUT2D eigenvalue weighted by atomic mass is 16.2. The summed E-state index contributed by atoms with van der Waals surface area (Å²) in [5.74, 6) is 0.479. The van der Waals surface area contributed by atoms with Gasteiger partial charge in [0.1, 0.15) is 0 Å². The maximum Gasteiger partial charge on any atom is 0.241 e. The molecule has 0 bridgehead atoms. The fraction of sp³-hybridized carbons (Fsp3) is 0.652. The Hall–Kier alpha value is -1.92. The van der Waals surface area contributed by atoms with Crippen LogP contribution in [-0.4, -0.2) is 85.4 Å². The number of hydrogen-bond acceptors (Lipinski definition) is 4. The first kappa shape index (κ1) is 20.4. The van der Waals surface area contributed by atoms with Crippen LogP contribution in [0.25, 0.3) is 0 Å². The fourth-order valence-electron chi connectivity index (χ4n) is 4.79. The predicted molar refractivity (Wildman–Crippen MR) is 115 cm³/mol. The van der Waals surface area contributed by atoms with Gasteiger partial charge in [0.15, 0.2) is 0 Å². The summed E-state index contributed by atoms with van der Waals surface area (Å²) in [6, 6.07) is 8.27. The van der Waals surface area contributed by atoms with Gasteiger partial charge < -0.3 is 9.80 Å².